The second-order valence-electron chi connectivity index (χ2n) is 4.62. The van der Waals surface area contributed by atoms with E-state index in [2.05, 4.69) is 0 Å². The Morgan fingerprint density at radius 1 is 1.47 bits per heavy atom. The second kappa shape index (κ2) is 4.90. The molecule has 4 heteroatoms. The molecule has 0 spiro atoms. The highest BCUT2D eigenvalue weighted by Gasteiger charge is 2.49. The van der Waals surface area contributed by atoms with Gasteiger partial charge in [-0.05, 0) is 32.6 Å². The largest absolute Gasteiger partial charge is 0.464 e. The Morgan fingerprint density at radius 3 is 3.06 bits per heavy atom. The summed E-state index contributed by atoms with van der Waals surface area (Å²) in [6, 6.07) is 0. The van der Waals surface area contributed by atoms with Gasteiger partial charge in [-0.15, -0.1) is 0 Å². The summed E-state index contributed by atoms with van der Waals surface area (Å²) in [6.07, 6.45) is 7.62. The van der Waals surface area contributed by atoms with Crippen LogP contribution in [0.2, 0.25) is 0 Å². The van der Waals surface area contributed by atoms with Crippen LogP contribution in [0.1, 0.15) is 39.0 Å². The molecular weight excluding hydrogens is 218 g/mol. The molecule has 0 unspecified atom stereocenters. The van der Waals surface area contributed by atoms with E-state index in [4.69, 9.17) is 4.74 Å². The number of ether oxygens (including phenoxy) is 1. The number of hydrogen-bond acceptors (Lipinski definition) is 3. The summed E-state index contributed by atoms with van der Waals surface area (Å²) in [7, 11) is 0. The summed E-state index contributed by atoms with van der Waals surface area (Å²) in [6.45, 7) is 2.71. The molecule has 0 aromatic carbocycles. The lowest BCUT2D eigenvalue weighted by Gasteiger charge is -2.43. The average Bonchev–Trinajstić information content (AvgIpc) is 2.53. The third-order valence-corrected chi connectivity index (χ3v) is 3.63. The Balaban J connectivity index is 2.30. The molecule has 1 saturated heterocycles. The van der Waals surface area contributed by atoms with Gasteiger partial charge in [-0.2, -0.15) is 0 Å². The number of rotatable bonds is 2. The summed E-state index contributed by atoms with van der Waals surface area (Å²) in [4.78, 5) is 25.9. The molecule has 0 aromatic heterocycles. The summed E-state index contributed by atoms with van der Waals surface area (Å²) in [5.41, 5.74) is -0.700. The van der Waals surface area contributed by atoms with E-state index >= 15 is 0 Å². The lowest BCUT2D eigenvalue weighted by molar-refractivity contribution is -0.167. The molecule has 1 fully saturated rings. The van der Waals surface area contributed by atoms with Gasteiger partial charge in [0.2, 0.25) is 5.91 Å². The van der Waals surface area contributed by atoms with Crippen LogP contribution in [0.15, 0.2) is 12.2 Å². The number of hydrogen-bond donors (Lipinski definition) is 0. The van der Waals surface area contributed by atoms with Crippen LogP contribution in [-0.4, -0.2) is 35.5 Å². The normalized spacial score (nSPS) is 28.5. The molecule has 1 amide bonds. The molecule has 2 rings (SSSR count). The van der Waals surface area contributed by atoms with Gasteiger partial charge in [-0.3, -0.25) is 4.79 Å². The van der Waals surface area contributed by atoms with Gasteiger partial charge in [0.15, 0.2) is 0 Å². The van der Waals surface area contributed by atoms with E-state index in [1.54, 1.807) is 11.8 Å². The fourth-order valence-electron chi connectivity index (χ4n) is 2.78. The molecule has 0 aliphatic carbocycles. The molecule has 2 heterocycles. The third-order valence-electron chi connectivity index (χ3n) is 3.63. The number of piperidine rings is 1. The molecule has 0 saturated carbocycles. The number of amides is 1. The molecule has 2 aliphatic rings. The van der Waals surface area contributed by atoms with Crippen LogP contribution < -0.4 is 0 Å². The predicted octanol–water partition coefficient (Wildman–Crippen LogP) is 1.65. The van der Waals surface area contributed by atoms with Crippen molar-refractivity contribution in [2.24, 2.45) is 0 Å². The van der Waals surface area contributed by atoms with Crippen molar-refractivity contribution in [3.63, 3.8) is 0 Å². The van der Waals surface area contributed by atoms with Crippen molar-refractivity contribution in [1.82, 2.24) is 4.90 Å². The number of fused-ring (bicyclic) bond motifs is 1. The Morgan fingerprint density at radius 2 is 2.29 bits per heavy atom. The fraction of sp³-hybridized carbons (Fsp3) is 0.692. The molecule has 2 aliphatic heterocycles. The highest BCUT2D eigenvalue weighted by atomic mass is 16.5. The van der Waals surface area contributed by atoms with Crippen LogP contribution >= 0.6 is 0 Å². The van der Waals surface area contributed by atoms with Crippen molar-refractivity contribution in [1.29, 1.82) is 0 Å². The number of carbonyl (C=O) groups excluding carboxylic acids is 2. The van der Waals surface area contributed by atoms with Gasteiger partial charge in [0.05, 0.1) is 6.61 Å². The average molecular weight is 237 g/mol. The maximum atomic E-state index is 12.2. The number of esters is 1. The lowest BCUT2D eigenvalue weighted by atomic mass is 9.83. The molecule has 94 valence electrons. The van der Waals surface area contributed by atoms with E-state index in [-0.39, 0.29) is 11.9 Å². The minimum absolute atomic E-state index is 0.0795. The first kappa shape index (κ1) is 12.1. The first-order valence-electron chi connectivity index (χ1n) is 6.33. The maximum Gasteiger partial charge on any atom is 0.332 e. The van der Waals surface area contributed by atoms with Crippen LogP contribution in [0.25, 0.3) is 0 Å². The van der Waals surface area contributed by atoms with Crippen LogP contribution in [0.4, 0.5) is 0 Å². The van der Waals surface area contributed by atoms with Gasteiger partial charge in [-0.25, -0.2) is 4.79 Å². The Labute approximate surface area is 102 Å². The smallest absolute Gasteiger partial charge is 0.332 e. The quantitative estimate of drug-likeness (QED) is 0.542. The molecule has 0 aromatic rings. The van der Waals surface area contributed by atoms with Gasteiger partial charge in [0, 0.05) is 13.0 Å². The van der Waals surface area contributed by atoms with Gasteiger partial charge in [-0.1, -0.05) is 12.2 Å². The predicted molar refractivity (Wildman–Crippen MR) is 63.3 cm³/mol. The van der Waals surface area contributed by atoms with E-state index in [1.807, 2.05) is 12.2 Å². The van der Waals surface area contributed by atoms with Gasteiger partial charge >= 0.3 is 5.97 Å². The van der Waals surface area contributed by atoms with Gasteiger partial charge < -0.3 is 9.64 Å². The first-order valence-corrected chi connectivity index (χ1v) is 6.33. The number of nitrogens with zero attached hydrogens (tertiary/aromatic N) is 1. The Kier molecular flexibility index (Phi) is 3.50. The van der Waals surface area contributed by atoms with Gasteiger partial charge in [0.25, 0.3) is 0 Å². The van der Waals surface area contributed by atoms with Crippen LogP contribution in [0, 0.1) is 0 Å². The minimum atomic E-state index is -0.700. The van der Waals surface area contributed by atoms with E-state index in [0.717, 1.165) is 19.3 Å². The summed E-state index contributed by atoms with van der Waals surface area (Å²) < 4.78 is 5.18. The van der Waals surface area contributed by atoms with Crippen molar-refractivity contribution in [2.75, 3.05) is 13.2 Å². The second-order valence-corrected chi connectivity index (χ2v) is 4.62. The number of allylic oxidation sites excluding steroid dienone is 1. The zero-order chi connectivity index (χ0) is 12.3. The Bertz CT molecular complexity index is 351. The lowest BCUT2D eigenvalue weighted by Crippen LogP contribution is -2.59. The van der Waals surface area contributed by atoms with Crippen molar-refractivity contribution >= 4 is 11.9 Å². The summed E-state index contributed by atoms with van der Waals surface area (Å²) in [5.74, 6) is -0.146. The van der Waals surface area contributed by atoms with Gasteiger partial charge in [0.1, 0.15) is 5.54 Å². The molecular formula is C13H19NO3. The molecule has 0 N–H and O–H groups in total. The molecule has 0 radical (unpaired) electrons. The Hall–Kier alpha value is -1.32. The molecule has 0 bridgehead atoms. The van der Waals surface area contributed by atoms with Crippen LogP contribution in [0.3, 0.4) is 0 Å². The molecule has 1 atom stereocenters. The maximum absolute atomic E-state index is 12.2. The number of carbonyl (C=O) groups is 2. The summed E-state index contributed by atoms with van der Waals surface area (Å²) >= 11 is 0. The zero-order valence-electron chi connectivity index (χ0n) is 10.3. The van der Waals surface area contributed by atoms with Crippen molar-refractivity contribution in [3.8, 4) is 0 Å². The van der Waals surface area contributed by atoms with E-state index < -0.39 is 5.54 Å². The van der Waals surface area contributed by atoms with Crippen molar-refractivity contribution in [2.45, 2.75) is 44.6 Å². The van der Waals surface area contributed by atoms with Crippen LogP contribution in [0.5, 0.6) is 0 Å². The minimum Gasteiger partial charge on any atom is -0.464 e. The molecule has 17 heavy (non-hydrogen) atoms. The van der Waals surface area contributed by atoms with E-state index in [9.17, 15) is 9.59 Å². The monoisotopic (exact) mass is 237 g/mol. The SMILES string of the molecule is CCOC(=O)[C@]12CCC=CCN1C(=O)CCC2. The highest BCUT2D eigenvalue weighted by Crippen LogP contribution is 2.35. The first-order chi connectivity index (χ1) is 8.20. The molecule has 4 nitrogen and oxygen atoms in total. The van der Waals surface area contributed by atoms with E-state index in [0.29, 0.717) is 26.0 Å². The van der Waals surface area contributed by atoms with Crippen molar-refractivity contribution < 1.29 is 14.3 Å². The van der Waals surface area contributed by atoms with E-state index in [1.165, 1.54) is 0 Å². The zero-order valence-corrected chi connectivity index (χ0v) is 10.3. The standard InChI is InChI=1S/C13H19NO3/c1-2-17-12(16)13-8-4-3-5-10-14(13)11(15)7-6-9-13/h3,5H,2,4,6-10H2,1H3/t13-/m1/s1. The topological polar surface area (TPSA) is 46.6 Å². The highest BCUT2D eigenvalue weighted by molar-refractivity contribution is 5.89. The third kappa shape index (κ3) is 2.08. The summed E-state index contributed by atoms with van der Waals surface area (Å²) in [5, 5.41) is 0. The fourth-order valence-corrected chi connectivity index (χ4v) is 2.78. The van der Waals surface area contributed by atoms with Crippen molar-refractivity contribution in [3.05, 3.63) is 12.2 Å². The van der Waals surface area contributed by atoms with Crippen LogP contribution in [-0.2, 0) is 14.3 Å².